The Kier molecular flexibility index (Phi) is 8.49. The first-order valence-corrected chi connectivity index (χ1v) is 16.2. The van der Waals surface area contributed by atoms with Crippen LogP contribution in [0.1, 0.15) is 52.9 Å². The standard InChI is InChI=1S/C30H31ClF3N11O5/c1-15-13-18(25(47)37-17-3-4-19(30(32,33)34)38-24(17)31)44-21(15)22(27(49)45-29(44)39-28(40-45)43-9-11-50-12-10-43)41-5-7-42(8-6-41)26(48)20-23(46)16(2)35-14-36-20/h3-4,14-15,18,46H,5-13H2,1-2H3,(H,37,47)/t15-,18-/m1/s1. The minimum Gasteiger partial charge on any atom is -0.504 e. The van der Waals surface area contributed by atoms with Crippen LogP contribution in [0.5, 0.6) is 5.75 Å². The van der Waals surface area contributed by atoms with Crippen LogP contribution < -0.4 is 20.7 Å². The van der Waals surface area contributed by atoms with Crippen molar-refractivity contribution in [1.82, 2.24) is 39.0 Å². The van der Waals surface area contributed by atoms with Crippen molar-refractivity contribution >= 4 is 46.5 Å². The van der Waals surface area contributed by atoms with E-state index in [-0.39, 0.29) is 73.1 Å². The van der Waals surface area contributed by atoms with Crippen molar-refractivity contribution in [2.45, 2.75) is 38.4 Å². The number of amides is 2. The van der Waals surface area contributed by atoms with E-state index < -0.39 is 40.4 Å². The second-order valence-electron chi connectivity index (χ2n) is 12.2. The zero-order chi connectivity index (χ0) is 35.5. The monoisotopic (exact) mass is 717 g/mol. The minimum absolute atomic E-state index is 0.107. The molecule has 7 heterocycles. The number of aromatic nitrogens is 7. The molecule has 16 nitrogen and oxygen atoms in total. The van der Waals surface area contributed by atoms with Gasteiger partial charge >= 0.3 is 6.18 Å². The van der Waals surface area contributed by atoms with E-state index in [1.54, 1.807) is 11.5 Å². The lowest BCUT2D eigenvalue weighted by Crippen LogP contribution is -2.51. The van der Waals surface area contributed by atoms with Crippen LogP contribution in [0.3, 0.4) is 0 Å². The highest BCUT2D eigenvalue weighted by Crippen LogP contribution is 2.42. The number of aromatic hydroxyl groups is 1. The number of nitrogens with zero attached hydrogens (tertiary/aromatic N) is 10. The predicted molar refractivity (Wildman–Crippen MR) is 172 cm³/mol. The van der Waals surface area contributed by atoms with Crippen molar-refractivity contribution < 1.29 is 32.6 Å². The molecule has 0 spiro atoms. The van der Waals surface area contributed by atoms with Crippen LogP contribution in [0, 0.1) is 6.92 Å². The van der Waals surface area contributed by atoms with Crippen molar-refractivity contribution in [2.24, 2.45) is 0 Å². The normalized spacial score (nSPS) is 19.6. The number of carbonyl (C=O) groups is 2. The van der Waals surface area contributed by atoms with Crippen LogP contribution in [0.15, 0.2) is 23.3 Å². The van der Waals surface area contributed by atoms with Gasteiger partial charge in [0.15, 0.2) is 16.6 Å². The molecule has 7 rings (SSSR count). The van der Waals surface area contributed by atoms with E-state index in [9.17, 15) is 32.7 Å². The third kappa shape index (κ3) is 5.82. The molecule has 20 heteroatoms. The Labute approximate surface area is 286 Å². The molecule has 4 aromatic rings. The molecule has 2 amide bonds. The van der Waals surface area contributed by atoms with Gasteiger partial charge in [0.25, 0.3) is 11.5 Å². The molecule has 0 aromatic carbocycles. The highest BCUT2D eigenvalue weighted by Gasteiger charge is 2.41. The number of aryl methyl sites for hydroxylation is 1. The van der Waals surface area contributed by atoms with Crippen molar-refractivity contribution in [1.29, 1.82) is 0 Å². The van der Waals surface area contributed by atoms with Crippen molar-refractivity contribution in [3.8, 4) is 5.75 Å². The van der Waals surface area contributed by atoms with Crippen LogP contribution >= 0.6 is 11.6 Å². The molecule has 0 saturated carbocycles. The minimum atomic E-state index is -4.72. The maximum atomic E-state index is 14.3. The maximum Gasteiger partial charge on any atom is 0.433 e. The Morgan fingerprint density at radius 3 is 2.44 bits per heavy atom. The molecule has 0 unspecified atom stereocenters. The fourth-order valence-electron chi connectivity index (χ4n) is 6.57. The fraction of sp³-hybridized carbons (Fsp3) is 0.467. The molecule has 2 atom stereocenters. The van der Waals surface area contributed by atoms with Crippen LogP contribution in [-0.2, 0) is 15.7 Å². The van der Waals surface area contributed by atoms with Crippen molar-refractivity contribution in [3.63, 3.8) is 0 Å². The summed E-state index contributed by atoms with van der Waals surface area (Å²) >= 11 is 6.06. The number of ether oxygens (including phenoxy) is 1. The summed E-state index contributed by atoms with van der Waals surface area (Å²) < 4.78 is 47.8. The number of carbonyl (C=O) groups excluding carboxylic acids is 2. The van der Waals surface area contributed by atoms with E-state index in [4.69, 9.17) is 21.3 Å². The van der Waals surface area contributed by atoms with Gasteiger partial charge in [-0.2, -0.15) is 22.7 Å². The number of morpholine rings is 1. The van der Waals surface area contributed by atoms with Gasteiger partial charge in [-0.15, -0.1) is 5.10 Å². The largest absolute Gasteiger partial charge is 0.504 e. The smallest absolute Gasteiger partial charge is 0.433 e. The second-order valence-corrected chi connectivity index (χ2v) is 12.6. The first-order valence-electron chi connectivity index (χ1n) is 15.8. The van der Waals surface area contributed by atoms with Crippen molar-refractivity contribution in [2.75, 3.05) is 67.6 Å². The zero-order valence-corrected chi connectivity index (χ0v) is 27.6. The summed E-state index contributed by atoms with van der Waals surface area (Å²) in [5.41, 5.74) is -0.780. The number of anilines is 3. The lowest BCUT2D eigenvalue weighted by atomic mass is 10.0. The molecule has 2 N–H and O–H groups in total. The van der Waals surface area contributed by atoms with Crippen LogP contribution in [0.4, 0.5) is 30.5 Å². The number of halogens is 4. The molecule has 2 fully saturated rings. The summed E-state index contributed by atoms with van der Waals surface area (Å²) in [6.45, 7) is 6.17. The Balaban J connectivity index is 1.25. The van der Waals surface area contributed by atoms with Gasteiger partial charge in [-0.3, -0.25) is 19.0 Å². The Hall–Kier alpha value is -5.04. The van der Waals surface area contributed by atoms with Crippen LogP contribution in [-0.4, -0.2) is 108 Å². The number of pyridine rings is 1. The summed E-state index contributed by atoms with van der Waals surface area (Å²) in [4.78, 5) is 62.6. The fourth-order valence-corrected chi connectivity index (χ4v) is 6.78. The number of alkyl halides is 3. The van der Waals surface area contributed by atoms with E-state index in [0.717, 1.165) is 16.6 Å². The van der Waals surface area contributed by atoms with Crippen molar-refractivity contribution in [3.05, 3.63) is 56.7 Å². The molecule has 4 aromatic heterocycles. The summed E-state index contributed by atoms with van der Waals surface area (Å²) in [5, 5.41) is 17.0. The van der Waals surface area contributed by atoms with E-state index in [1.165, 1.54) is 11.2 Å². The van der Waals surface area contributed by atoms with Gasteiger partial charge in [0.05, 0.1) is 30.3 Å². The summed E-state index contributed by atoms with van der Waals surface area (Å²) in [6.07, 6.45) is -3.29. The summed E-state index contributed by atoms with van der Waals surface area (Å²) in [6, 6.07) is 0.817. The van der Waals surface area contributed by atoms with Crippen LogP contribution in [0.25, 0.3) is 5.78 Å². The number of hydrogen-bond acceptors (Lipinski definition) is 12. The first-order chi connectivity index (χ1) is 23.8. The highest BCUT2D eigenvalue weighted by atomic mass is 35.5. The third-order valence-corrected chi connectivity index (χ3v) is 9.42. The van der Waals surface area contributed by atoms with E-state index in [1.807, 2.05) is 16.7 Å². The average Bonchev–Trinajstić information content (AvgIpc) is 3.69. The van der Waals surface area contributed by atoms with Gasteiger partial charge < -0.3 is 29.9 Å². The van der Waals surface area contributed by atoms with Gasteiger partial charge in [0.1, 0.15) is 23.8 Å². The molecule has 0 radical (unpaired) electrons. The lowest BCUT2D eigenvalue weighted by molar-refractivity contribution is -0.141. The maximum absolute atomic E-state index is 14.3. The first kappa shape index (κ1) is 33.5. The molecule has 3 aliphatic heterocycles. The van der Waals surface area contributed by atoms with Crippen LogP contribution in [0.2, 0.25) is 5.15 Å². The number of fused-ring (bicyclic) bond motifs is 3. The molecule has 264 valence electrons. The van der Waals surface area contributed by atoms with Gasteiger partial charge in [-0.1, -0.05) is 18.5 Å². The molecule has 50 heavy (non-hydrogen) atoms. The average molecular weight is 718 g/mol. The second kappa shape index (κ2) is 12.7. The SMILES string of the molecule is Cc1ncnc(C(=O)N2CCN(c3c4n(c5nc(N6CCOCC6)nn5c3=O)[C@@H](C(=O)Nc3ccc(C(F)(F)F)nc3Cl)C[C@H]4C)CC2)c1O. The number of rotatable bonds is 5. The molecule has 2 saturated heterocycles. The molecule has 0 bridgehead atoms. The number of piperazine rings is 1. The zero-order valence-electron chi connectivity index (χ0n) is 26.8. The van der Waals surface area contributed by atoms with E-state index in [0.29, 0.717) is 37.7 Å². The molecular formula is C30H31ClF3N11O5. The van der Waals surface area contributed by atoms with E-state index >= 15 is 0 Å². The lowest BCUT2D eigenvalue weighted by Gasteiger charge is -2.36. The van der Waals surface area contributed by atoms with Gasteiger partial charge in [-0.05, 0) is 25.5 Å². The third-order valence-electron chi connectivity index (χ3n) is 9.13. The van der Waals surface area contributed by atoms with Gasteiger partial charge in [-0.25, -0.2) is 15.0 Å². The summed E-state index contributed by atoms with van der Waals surface area (Å²) in [5.74, 6) is -1.31. The molecular weight excluding hydrogens is 687 g/mol. The predicted octanol–water partition coefficient (Wildman–Crippen LogP) is 2.25. The Morgan fingerprint density at radius 2 is 1.76 bits per heavy atom. The quantitative estimate of drug-likeness (QED) is 0.289. The Morgan fingerprint density at radius 1 is 1.04 bits per heavy atom. The molecule has 3 aliphatic rings. The topological polar surface area (TPSA) is 176 Å². The number of hydrogen-bond donors (Lipinski definition) is 2. The highest BCUT2D eigenvalue weighted by molar-refractivity contribution is 6.32. The van der Waals surface area contributed by atoms with Gasteiger partial charge in [0, 0.05) is 45.2 Å². The van der Waals surface area contributed by atoms with E-state index in [2.05, 4.69) is 25.4 Å². The summed E-state index contributed by atoms with van der Waals surface area (Å²) in [7, 11) is 0. The van der Waals surface area contributed by atoms with Gasteiger partial charge in [0.2, 0.25) is 17.6 Å². The molecule has 0 aliphatic carbocycles. The Bertz CT molecular complexity index is 2060. The number of nitrogens with one attached hydrogen (secondary N) is 1.